The molecule has 0 aromatic carbocycles. The Morgan fingerprint density at radius 2 is 2.35 bits per heavy atom. The van der Waals surface area contributed by atoms with Gasteiger partial charge in [0, 0.05) is 5.54 Å². The molecule has 0 atom stereocenters. The Hall–Kier alpha value is -1.16. The van der Waals surface area contributed by atoms with Gasteiger partial charge in [0.1, 0.15) is 11.0 Å². The van der Waals surface area contributed by atoms with E-state index in [1.54, 1.807) is 0 Å². The topological polar surface area (TPSA) is 42.0 Å². The zero-order chi connectivity index (χ0) is 12.5. The number of hydrogen-bond acceptors (Lipinski definition) is 2. The van der Waals surface area contributed by atoms with Gasteiger partial charge >= 0.3 is 0 Å². The van der Waals surface area contributed by atoms with Gasteiger partial charge in [0.25, 0.3) is 5.91 Å². The minimum absolute atomic E-state index is 0.0366. The number of nitrogens with one attached hydrogen (secondary N) is 1. The maximum atomic E-state index is 13.0. The summed E-state index contributed by atoms with van der Waals surface area (Å²) >= 11 is 5.79. The molecular formula is C12H14ClFN2O. The molecular weight excluding hydrogens is 243 g/mol. The molecule has 1 saturated carbocycles. The molecule has 5 heteroatoms. The highest BCUT2D eigenvalue weighted by molar-refractivity contribution is 6.32. The summed E-state index contributed by atoms with van der Waals surface area (Å²) in [5.74, 6) is -0.901. The lowest BCUT2D eigenvalue weighted by Crippen LogP contribution is -2.53. The zero-order valence-electron chi connectivity index (χ0n) is 9.59. The van der Waals surface area contributed by atoms with Crippen molar-refractivity contribution in [3.05, 3.63) is 28.8 Å². The second-order valence-electron chi connectivity index (χ2n) is 4.43. The van der Waals surface area contributed by atoms with Crippen molar-refractivity contribution in [1.82, 2.24) is 10.3 Å². The highest BCUT2D eigenvalue weighted by atomic mass is 35.5. The van der Waals surface area contributed by atoms with E-state index in [2.05, 4.69) is 10.3 Å². The van der Waals surface area contributed by atoms with E-state index in [9.17, 15) is 9.18 Å². The van der Waals surface area contributed by atoms with E-state index in [0.717, 1.165) is 37.9 Å². The van der Waals surface area contributed by atoms with E-state index in [0.29, 0.717) is 0 Å². The van der Waals surface area contributed by atoms with Crippen LogP contribution in [0.25, 0.3) is 0 Å². The smallest absolute Gasteiger partial charge is 0.254 e. The summed E-state index contributed by atoms with van der Waals surface area (Å²) in [4.78, 5) is 15.6. The lowest BCUT2D eigenvalue weighted by atomic mass is 9.74. The van der Waals surface area contributed by atoms with E-state index in [1.807, 2.05) is 6.92 Å². The van der Waals surface area contributed by atoms with Crippen molar-refractivity contribution in [2.24, 2.45) is 0 Å². The molecule has 1 N–H and O–H groups in total. The second-order valence-corrected chi connectivity index (χ2v) is 4.79. The van der Waals surface area contributed by atoms with Gasteiger partial charge in [-0.2, -0.15) is 0 Å². The zero-order valence-corrected chi connectivity index (χ0v) is 10.4. The van der Waals surface area contributed by atoms with Crippen LogP contribution in [0.4, 0.5) is 4.39 Å². The summed E-state index contributed by atoms with van der Waals surface area (Å²) in [5.41, 5.74) is -0.0291. The highest BCUT2D eigenvalue weighted by Gasteiger charge is 2.37. The number of pyridine rings is 1. The third-order valence-corrected chi connectivity index (χ3v) is 3.72. The molecule has 1 aromatic rings. The van der Waals surface area contributed by atoms with Gasteiger partial charge in [0.2, 0.25) is 0 Å². The maximum absolute atomic E-state index is 13.0. The maximum Gasteiger partial charge on any atom is 0.254 e. The molecule has 0 bridgehead atoms. The first-order valence-corrected chi connectivity index (χ1v) is 6.08. The van der Waals surface area contributed by atoms with E-state index in [-0.39, 0.29) is 22.2 Å². The van der Waals surface area contributed by atoms with Gasteiger partial charge in [0.05, 0.1) is 11.8 Å². The average Bonchev–Trinajstić information content (AvgIpc) is 2.26. The number of aromatic nitrogens is 1. The summed E-state index contributed by atoms with van der Waals surface area (Å²) in [7, 11) is 0. The van der Waals surface area contributed by atoms with Crippen LogP contribution < -0.4 is 5.32 Å². The van der Waals surface area contributed by atoms with Crippen molar-refractivity contribution in [3.8, 4) is 0 Å². The third-order valence-electron chi connectivity index (χ3n) is 3.42. The fourth-order valence-electron chi connectivity index (χ4n) is 2.06. The van der Waals surface area contributed by atoms with Crippen molar-refractivity contribution in [3.63, 3.8) is 0 Å². The van der Waals surface area contributed by atoms with Crippen LogP contribution in [0.3, 0.4) is 0 Å². The molecule has 0 aliphatic heterocycles. The lowest BCUT2D eigenvalue weighted by molar-refractivity contribution is 0.0819. The highest BCUT2D eigenvalue weighted by Crippen LogP contribution is 2.35. The number of carbonyl (C=O) groups excluding carboxylic acids is 1. The number of hydrogen-bond donors (Lipinski definition) is 1. The molecule has 0 unspecified atom stereocenters. The monoisotopic (exact) mass is 256 g/mol. The number of carbonyl (C=O) groups is 1. The first-order chi connectivity index (χ1) is 8.06. The van der Waals surface area contributed by atoms with Crippen LogP contribution in [-0.4, -0.2) is 16.4 Å². The molecule has 0 radical (unpaired) electrons. The Morgan fingerprint density at radius 1 is 1.65 bits per heavy atom. The van der Waals surface area contributed by atoms with Crippen molar-refractivity contribution < 1.29 is 9.18 Å². The third kappa shape index (κ3) is 2.41. The molecule has 0 saturated heterocycles. The number of rotatable bonds is 3. The molecule has 1 aliphatic carbocycles. The van der Waals surface area contributed by atoms with Crippen LogP contribution >= 0.6 is 11.6 Å². The number of halogens is 2. The van der Waals surface area contributed by atoms with Crippen molar-refractivity contribution in [1.29, 1.82) is 0 Å². The Bertz CT molecular complexity index is 441. The van der Waals surface area contributed by atoms with Crippen LogP contribution in [0, 0.1) is 5.82 Å². The van der Waals surface area contributed by atoms with Gasteiger partial charge in [0.15, 0.2) is 0 Å². The molecule has 0 spiro atoms. The summed E-state index contributed by atoms with van der Waals surface area (Å²) in [6, 6.07) is 1.12. The van der Waals surface area contributed by atoms with Gasteiger partial charge in [-0.1, -0.05) is 18.5 Å². The first-order valence-electron chi connectivity index (χ1n) is 5.70. The van der Waals surface area contributed by atoms with Crippen LogP contribution in [0.15, 0.2) is 12.3 Å². The normalized spacial score (nSPS) is 17.4. The van der Waals surface area contributed by atoms with Gasteiger partial charge < -0.3 is 5.32 Å². The van der Waals surface area contributed by atoms with Gasteiger partial charge in [-0.3, -0.25) is 4.79 Å². The van der Waals surface area contributed by atoms with Crippen molar-refractivity contribution in [2.75, 3.05) is 0 Å². The summed E-state index contributed by atoms with van der Waals surface area (Å²) in [6.07, 6.45) is 4.92. The molecule has 1 heterocycles. The average molecular weight is 257 g/mol. The number of nitrogens with zero attached hydrogens (tertiary/aromatic N) is 1. The van der Waals surface area contributed by atoms with Crippen LogP contribution in [0.2, 0.25) is 5.15 Å². The first kappa shape index (κ1) is 12.3. The molecule has 1 aromatic heterocycles. The predicted octanol–water partition coefficient (Wildman–Crippen LogP) is 2.94. The van der Waals surface area contributed by atoms with E-state index in [1.165, 1.54) is 0 Å². The van der Waals surface area contributed by atoms with Crippen LogP contribution in [-0.2, 0) is 0 Å². The van der Waals surface area contributed by atoms with Gasteiger partial charge in [-0.15, -0.1) is 0 Å². The Balaban J connectivity index is 2.17. The largest absolute Gasteiger partial charge is 0.347 e. The van der Waals surface area contributed by atoms with Crippen molar-refractivity contribution >= 4 is 17.5 Å². The fraction of sp³-hybridized carbons (Fsp3) is 0.500. The second kappa shape index (κ2) is 4.61. The van der Waals surface area contributed by atoms with Crippen molar-refractivity contribution in [2.45, 2.75) is 38.1 Å². The van der Waals surface area contributed by atoms with Gasteiger partial charge in [-0.25, -0.2) is 9.37 Å². The molecule has 1 fully saturated rings. The Morgan fingerprint density at radius 3 is 2.88 bits per heavy atom. The molecule has 1 aliphatic rings. The standard InChI is InChI=1S/C12H14ClFN2O/c1-2-12(4-3-5-12)16-11(17)9-6-8(14)7-15-10(9)13/h6-7H,2-5H2,1H3,(H,16,17). The van der Waals surface area contributed by atoms with Crippen LogP contribution in [0.5, 0.6) is 0 Å². The molecule has 17 heavy (non-hydrogen) atoms. The molecule has 1 amide bonds. The minimum Gasteiger partial charge on any atom is -0.347 e. The molecule has 2 rings (SSSR count). The number of amides is 1. The fourth-order valence-corrected chi connectivity index (χ4v) is 2.25. The lowest BCUT2D eigenvalue weighted by Gasteiger charge is -2.42. The SMILES string of the molecule is CCC1(NC(=O)c2cc(F)cnc2Cl)CCC1. The summed E-state index contributed by atoms with van der Waals surface area (Å²) < 4.78 is 13.0. The quantitative estimate of drug-likeness (QED) is 0.845. The Kier molecular flexibility index (Phi) is 3.33. The van der Waals surface area contributed by atoms with E-state index in [4.69, 9.17) is 11.6 Å². The van der Waals surface area contributed by atoms with Crippen LogP contribution in [0.1, 0.15) is 43.0 Å². The minimum atomic E-state index is -0.557. The summed E-state index contributed by atoms with van der Waals surface area (Å²) in [5, 5.41) is 2.97. The van der Waals surface area contributed by atoms with Gasteiger partial charge in [-0.05, 0) is 31.7 Å². The van der Waals surface area contributed by atoms with E-state index < -0.39 is 5.82 Å². The summed E-state index contributed by atoms with van der Waals surface area (Å²) in [6.45, 7) is 2.03. The molecule has 3 nitrogen and oxygen atoms in total. The molecule has 92 valence electrons. The Labute approximate surface area is 104 Å². The van der Waals surface area contributed by atoms with E-state index >= 15 is 0 Å². The predicted molar refractivity (Wildman–Crippen MR) is 63.5 cm³/mol.